The smallest absolute Gasteiger partial charge is 0.0503 e. The highest BCUT2D eigenvalue weighted by Crippen LogP contribution is 2.64. The zero-order chi connectivity index (χ0) is 15.9. The van der Waals surface area contributed by atoms with E-state index < -0.39 is 0 Å². The Morgan fingerprint density at radius 2 is 1.87 bits per heavy atom. The van der Waals surface area contributed by atoms with Gasteiger partial charge in [-0.2, -0.15) is 0 Å². The first kappa shape index (κ1) is 15.5. The van der Waals surface area contributed by atoms with Gasteiger partial charge in [-0.15, -0.1) is 0 Å². The number of ether oxygens (including phenoxy) is 1. The molecule has 3 unspecified atom stereocenters. The van der Waals surface area contributed by atoms with Gasteiger partial charge in [-0.1, -0.05) is 19.1 Å². The highest BCUT2D eigenvalue weighted by atomic mass is 16.5. The molecule has 3 fully saturated rings. The summed E-state index contributed by atoms with van der Waals surface area (Å²) in [5, 5.41) is 0. The van der Waals surface area contributed by atoms with Gasteiger partial charge in [0.1, 0.15) is 0 Å². The first-order valence-corrected chi connectivity index (χ1v) is 9.36. The van der Waals surface area contributed by atoms with Crippen molar-refractivity contribution in [3.8, 4) is 0 Å². The van der Waals surface area contributed by atoms with Crippen LogP contribution in [0.1, 0.15) is 31.7 Å². The SMILES string of the molecule is CCN1CC2C(COC)C2(c2ccc(N3CCCCC3)cc2)C1. The van der Waals surface area contributed by atoms with E-state index in [-0.39, 0.29) is 0 Å². The fraction of sp³-hybridized carbons (Fsp3) is 0.700. The maximum atomic E-state index is 5.51. The molecule has 1 saturated carbocycles. The molecule has 0 N–H and O–H groups in total. The number of hydrogen-bond acceptors (Lipinski definition) is 3. The quantitative estimate of drug-likeness (QED) is 0.830. The Kier molecular flexibility index (Phi) is 4.10. The third-order valence-corrected chi connectivity index (χ3v) is 6.56. The Bertz CT molecular complexity index is 537. The summed E-state index contributed by atoms with van der Waals surface area (Å²) in [6.45, 7) is 9.28. The minimum atomic E-state index is 0.368. The van der Waals surface area contributed by atoms with E-state index in [9.17, 15) is 0 Å². The maximum Gasteiger partial charge on any atom is 0.0503 e. The van der Waals surface area contributed by atoms with Crippen LogP contribution in [0, 0.1) is 11.8 Å². The number of likely N-dealkylation sites (tertiary alicyclic amines) is 1. The molecule has 3 heteroatoms. The Hall–Kier alpha value is -1.06. The van der Waals surface area contributed by atoms with E-state index >= 15 is 0 Å². The lowest BCUT2D eigenvalue weighted by Gasteiger charge is -2.29. The van der Waals surface area contributed by atoms with Crippen LogP contribution in [0.3, 0.4) is 0 Å². The molecule has 1 aromatic rings. The van der Waals surface area contributed by atoms with Crippen LogP contribution in [0.5, 0.6) is 0 Å². The summed E-state index contributed by atoms with van der Waals surface area (Å²) in [6, 6.07) is 9.55. The highest BCUT2D eigenvalue weighted by Gasteiger charge is 2.68. The van der Waals surface area contributed by atoms with Gasteiger partial charge in [0.05, 0.1) is 6.61 Å². The number of fused-ring (bicyclic) bond motifs is 1. The van der Waals surface area contributed by atoms with E-state index in [4.69, 9.17) is 4.74 Å². The standard InChI is InChI=1S/C20H30N2O/c1-3-21-13-18-19(14-23-2)20(18,15-21)16-7-9-17(10-8-16)22-11-5-4-6-12-22/h7-10,18-19H,3-6,11-15H2,1-2H3. The Morgan fingerprint density at radius 3 is 2.52 bits per heavy atom. The molecule has 23 heavy (non-hydrogen) atoms. The molecule has 126 valence electrons. The van der Waals surface area contributed by atoms with Gasteiger partial charge in [-0.05, 0) is 55.3 Å². The third kappa shape index (κ3) is 2.49. The molecule has 3 atom stereocenters. The van der Waals surface area contributed by atoms with Crippen LogP contribution in [0.15, 0.2) is 24.3 Å². The van der Waals surface area contributed by atoms with Crippen LogP contribution < -0.4 is 4.90 Å². The highest BCUT2D eigenvalue weighted by molar-refractivity contribution is 5.51. The zero-order valence-corrected chi connectivity index (χ0v) is 14.6. The molecule has 3 nitrogen and oxygen atoms in total. The molecule has 4 rings (SSSR count). The fourth-order valence-corrected chi connectivity index (χ4v) is 5.18. The van der Waals surface area contributed by atoms with Crippen molar-refractivity contribution in [2.75, 3.05) is 51.3 Å². The van der Waals surface area contributed by atoms with Crippen molar-refractivity contribution in [3.63, 3.8) is 0 Å². The van der Waals surface area contributed by atoms with Crippen molar-refractivity contribution in [1.82, 2.24) is 4.90 Å². The van der Waals surface area contributed by atoms with E-state index in [2.05, 4.69) is 41.0 Å². The topological polar surface area (TPSA) is 15.7 Å². The summed E-state index contributed by atoms with van der Waals surface area (Å²) in [7, 11) is 1.85. The van der Waals surface area contributed by atoms with Crippen LogP contribution in [0.25, 0.3) is 0 Å². The minimum absolute atomic E-state index is 0.368. The van der Waals surface area contributed by atoms with Crippen LogP contribution in [0.4, 0.5) is 5.69 Å². The van der Waals surface area contributed by atoms with Crippen molar-refractivity contribution in [2.45, 2.75) is 31.6 Å². The number of rotatable bonds is 5. The largest absolute Gasteiger partial charge is 0.384 e. The number of likely N-dealkylation sites (N-methyl/N-ethyl adjacent to an activating group) is 1. The molecule has 1 aliphatic carbocycles. The molecule has 2 saturated heterocycles. The lowest BCUT2D eigenvalue weighted by atomic mass is 9.92. The second-order valence-corrected chi connectivity index (χ2v) is 7.63. The van der Waals surface area contributed by atoms with E-state index in [0.29, 0.717) is 5.41 Å². The molecule has 2 aliphatic heterocycles. The number of benzene rings is 1. The van der Waals surface area contributed by atoms with E-state index in [1.54, 1.807) is 5.56 Å². The average Bonchev–Trinajstić information content (AvgIpc) is 3.03. The minimum Gasteiger partial charge on any atom is -0.384 e. The fourth-order valence-electron chi connectivity index (χ4n) is 5.18. The average molecular weight is 314 g/mol. The number of methoxy groups -OCH3 is 1. The molecular formula is C20H30N2O. The molecule has 0 bridgehead atoms. The van der Waals surface area contributed by atoms with Crippen molar-refractivity contribution in [2.24, 2.45) is 11.8 Å². The molecule has 0 radical (unpaired) electrons. The monoisotopic (exact) mass is 314 g/mol. The predicted octanol–water partition coefficient (Wildman–Crippen LogP) is 3.14. The Morgan fingerprint density at radius 1 is 1.13 bits per heavy atom. The van der Waals surface area contributed by atoms with Crippen LogP contribution >= 0.6 is 0 Å². The number of nitrogens with zero attached hydrogens (tertiary/aromatic N) is 2. The zero-order valence-electron chi connectivity index (χ0n) is 14.6. The first-order chi connectivity index (χ1) is 11.3. The van der Waals surface area contributed by atoms with E-state index in [0.717, 1.165) is 18.4 Å². The Balaban J connectivity index is 1.54. The normalized spacial score (nSPS) is 33.7. The summed E-state index contributed by atoms with van der Waals surface area (Å²) < 4.78 is 5.51. The maximum absolute atomic E-state index is 5.51. The van der Waals surface area contributed by atoms with Crippen LogP contribution in [0.2, 0.25) is 0 Å². The molecule has 1 aromatic carbocycles. The molecule has 0 aromatic heterocycles. The van der Waals surface area contributed by atoms with E-state index in [1.807, 2.05) is 7.11 Å². The number of piperidine rings is 2. The summed E-state index contributed by atoms with van der Waals surface area (Å²) >= 11 is 0. The third-order valence-electron chi connectivity index (χ3n) is 6.56. The summed E-state index contributed by atoms with van der Waals surface area (Å²) in [5.41, 5.74) is 3.32. The lowest BCUT2D eigenvalue weighted by molar-refractivity contribution is 0.158. The van der Waals surface area contributed by atoms with Gasteiger partial charge in [-0.3, -0.25) is 0 Å². The lowest BCUT2D eigenvalue weighted by Crippen LogP contribution is -2.30. The van der Waals surface area contributed by atoms with Crippen molar-refractivity contribution in [3.05, 3.63) is 29.8 Å². The Labute approximate surface area is 140 Å². The molecule has 2 heterocycles. The molecule has 0 amide bonds. The van der Waals surface area contributed by atoms with Gasteiger partial charge in [0.25, 0.3) is 0 Å². The van der Waals surface area contributed by atoms with Gasteiger partial charge >= 0.3 is 0 Å². The summed E-state index contributed by atoms with van der Waals surface area (Å²) in [5.74, 6) is 1.51. The summed E-state index contributed by atoms with van der Waals surface area (Å²) in [4.78, 5) is 5.16. The van der Waals surface area contributed by atoms with Gasteiger partial charge in [0.15, 0.2) is 0 Å². The second-order valence-electron chi connectivity index (χ2n) is 7.63. The number of hydrogen-bond donors (Lipinski definition) is 0. The van der Waals surface area contributed by atoms with Crippen LogP contribution in [-0.2, 0) is 10.2 Å². The van der Waals surface area contributed by atoms with Gasteiger partial charge in [0, 0.05) is 44.4 Å². The van der Waals surface area contributed by atoms with Crippen LogP contribution in [-0.4, -0.2) is 51.3 Å². The van der Waals surface area contributed by atoms with Crippen molar-refractivity contribution in [1.29, 1.82) is 0 Å². The number of anilines is 1. The van der Waals surface area contributed by atoms with Gasteiger partial charge < -0.3 is 14.5 Å². The van der Waals surface area contributed by atoms with E-state index in [1.165, 1.54) is 57.7 Å². The summed E-state index contributed by atoms with van der Waals surface area (Å²) in [6.07, 6.45) is 4.08. The van der Waals surface area contributed by atoms with Crippen molar-refractivity contribution < 1.29 is 4.74 Å². The first-order valence-electron chi connectivity index (χ1n) is 9.36. The molecule has 3 aliphatic rings. The van der Waals surface area contributed by atoms with Gasteiger partial charge in [0.2, 0.25) is 0 Å². The predicted molar refractivity (Wildman–Crippen MR) is 95.2 cm³/mol. The molecular weight excluding hydrogens is 284 g/mol. The van der Waals surface area contributed by atoms with Gasteiger partial charge in [-0.25, -0.2) is 0 Å². The molecule has 0 spiro atoms. The van der Waals surface area contributed by atoms with Crippen molar-refractivity contribution >= 4 is 5.69 Å². The second kappa shape index (κ2) is 6.10.